The predicted octanol–water partition coefficient (Wildman–Crippen LogP) is 3.11. The number of ether oxygens (including phenoxy) is 1. The number of hydrogen-bond donors (Lipinski definition) is 1. The van der Waals surface area contributed by atoms with E-state index in [0.29, 0.717) is 5.56 Å². The lowest BCUT2D eigenvalue weighted by molar-refractivity contribution is -0.155. The third-order valence-electron chi connectivity index (χ3n) is 4.21. The Morgan fingerprint density at radius 3 is 2.33 bits per heavy atom. The predicted molar refractivity (Wildman–Crippen MR) is 101 cm³/mol. The van der Waals surface area contributed by atoms with E-state index in [1.54, 1.807) is 34.6 Å². The van der Waals surface area contributed by atoms with Crippen LogP contribution in [0.1, 0.15) is 50.5 Å². The molecular weight excluding hydrogens is 393 g/mol. The second-order valence-electron chi connectivity index (χ2n) is 7.87. The summed E-state index contributed by atoms with van der Waals surface area (Å²) in [7, 11) is 0. The van der Waals surface area contributed by atoms with Crippen LogP contribution in [0.15, 0.2) is 12.1 Å². The lowest BCUT2D eigenvalue weighted by Gasteiger charge is -2.35. The number of fused-ring (bicyclic) bond motifs is 1. The van der Waals surface area contributed by atoms with Gasteiger partial charge in [-0.3, -0.25) is 19.2 Å². The van der Waals surface area contributed by atoms with E-state index in [4.69, 9.17) is 27.9 Å². The maximum absolute atomic E-state index is 12.9. The Kier molecular flexibility index (Phi) is 5.74. The number of esters is 1. The van der Waals surface area contributed by atoms with E-state index < -0.39 is 46.9 Å². The molecule has 0 saturated heterocycles. The first kappa shape index (κ1) is 21.4. The number of carbonyl (C=O) groups excluding carboxylic acids is 4. The zero-order chi connectivity index (χ0) is 20.7. The third kappa shape index (κ3) is 4.17. The lowest BCUT2D eigenvalue weighted by Crippen LogP contribution is -2.52. The molecule has 0 saturated carbocycles. The molecule has 0 bridgehead atoms. The number of carbonyl (C=O) groups is 4. The van der Waals surface area contributed by atoms with Crippen LogP contribution in [0.25, 0.3) is 0 Å². The summed E-state index contributed by atoms with van der Waals surface area (Å²) < 4.78 is 5.10. The zero-order valence-corrected chi connectivity index (χ0v) is 17.2. The van der Waals surface area contributed by atoms with Crippen molar-refractivity contribution in [2.24, 2.45) is 5.92 Å². The van der Waals surface area contributed by atoms with Crippen LogP contribution < -0.4 is 5.32 Å². The van der Waals surface area contributed by atoms with Crippen molar-refractivity contribution in [2.75, 3.05) is 6.54 Å². The summed E-state index contributed by atoms with van der Waals surface area (Å²) in [5.41, 5.74) is -1.43. The van der Waals surface area contributed by atoms with Gasteiger partial charge in [0.2, 0.25) is 5.91 Å². The molecule has 8 heteroatoms. The number of nitrogens with one attached hydrogen (secondary N) is 1. The molecular formula is C19H21Cl2NO5. The summed E-state index contributed by atoms with van der Waals surface area (Å²) in [5.74, 6) is -4.35. The molecule has 2 rings (SSSR count). The van der Waals surface area contributed by atoms with Gasteiger partial charge in [-0.1, -0.05) is 23.2 Å². The molecule has 6 nitrogen and oxygen atoms in total. The average Bonchev–Trinajstić information content (AvgIpc) is 2.52. The van der Waals surface area contributed by atoms with E-state index in [1.165, 1.54) is 12.1 Å². The smallest absolute Gasteiger partial charge is 0.325 e. The van der Waals surface area contributed by atoms with Crippen molar-refractivity contribution in [1.82, 2.24) is 5.32 Å². The Labute approximate surface area is 167 Å². The van der Waals surface area contributed by atoms with E-state index in [2.05, 4.69) is 5.32 Å². The maximum atomic E-state index is 12.9. The molecule has 1 atom stereocenters. The highest BCUT2D eigenvalue weighted by atomic mass is 35.5. The molecule has 1 aromatic carbocycles. The molecule has 1 N–H and O–H groups in total. The van der Waals surface area contributed by atoms with Crippen molar-refractivity contribution < 1.29 is 23.9 Å². The van der Waals surface area contributed by atoms with Gasteiger partial charge in [0.1, 0.15) is 12.1 Å². The van der Waals surface area contributed by atoms with Crippen molar-refractivity contribution >= 4 is 46.6 Å². The number of halogens is 2. The van der Waals surface area contributed by atoms with Crippen molar-refractivity contribution in [3.8, 4) is 0 Å². The van der Waals surface area contributed by atoms with Crippen molar-refractivity contribution in [2.45, 2.75) is 45.6 Å². The summed E-state index contributed by atoms with van der Waals surface area (Å²) in [6.07, 6.45) is 0. The van der Waals surface area contributed by atoms with Crippen LogP contribution in [0.5, 0.6) is 0 Å². The highest BCUT2D eigenvalue weighted by molar-refractivity contribution is 6.44. The molecule has 27 heavy (non-hydrogen) atoms. The minimum absolute atomic E-state index is 0.119. The molecule has 0 aromatic heterocycles. The minimum atomic E-state index is -1.56. The monoisotopic (exact) mass is 413 g/mol. The van der Waals surface area contributed by atoms with E-state index >= 15 is 0 Å². The normalized spacial score (nSPS) is 18.7. The van der Waals surface area contributed by atoms with Crippen molar-refractivity contribution in [3.63, 3.8) is 0 Å². The van der Waals surface area contributed by atoms with Gasteiger partial charge >= 0.3 is 5.97 Å². The fourth-order valence-electron chi connectivity index (χ4n) is 3.00. The number of hydrogen-bond acceptors (Lipinski definition) is 5. The number of rotatable bonds is 3. The standard InChI is InChI=1S/C19H21Cl2NO5/c1-18(2,3)27-11(23)8-22-17(26)12-15(24)9-6-7-10(20)14(21)13(9)19(4,5)16(12)25/h6-7,12H,8H2,1-5H3,(H,22,26). The fourth-order valence-corrected chi connectivity index (χ4v) is 3.56. The van der Waals surface area contributed by atoms with Gasteiger partial charge in [0.05, 0.1) is 15.5 Å². The summed E-state index contributed by atoms with van der Waals surface area (Å²) in [6, 6.07) is 2.90. The largest absolute Gasteiger partial charge is 0.459 e. The molecule has 146 valence electrons. The molecule has 1 aliphatic carbocycles. The Bertz CT molecular complexity index is 839. The van der Waals surface area contributed by atoms with Crippen LogP contribution in [0.2, 0.25) is 10.0 Å². The number of amides is 1. The van der Waals surface area contributed by atoms with Gasteiger partial charge in [-0.25, -0.2) is 0 Å². The second kappa shape index (κ2) is 7.24. The Morgan fingerprint density at radius 2 is 1.78 bits per heavy atom. The van der Waals surface area contributed by atoms with E-state index in [-0.39, 0.29) is 15.6 Å². The van der Waals surface area contributed by atoms with Crippen LogP contribution in [-0.2, 0) is 24.5 Å². The van der Waals surface area contributed by atoms with Gasteiger partial charge in [-0.2, -0.15) is 0 Å². The number of ketones is 2. The molecule has 0 radical (unpaired) electrons. The molecule has 1 aromatic rings. The van der Waals surface area contributed by atoms with Gasteiger partial charge in [-0.05, 0) is 52.3 Å². The summed E-state index contributed by atoms with van der Waals surface area (Å²) in [4.78, 5) is 50.0. The molecule has 1 aliphatic rings. The van der Waals surface area contributed by atoms with Gasteiger partial charge in [0.15, 0.2) is 17.5 Å². The Morgan fingerprint density at radius 1 is 1.19 bits per heavy atom. The molecule has 0 heterocycles. The average molecular weight is 414 g/mol. The number of benzene rings is 1. The van der Waals surface area contributed by atoms with Crippen LogP contribution in [0, 0.1) is 5.92 Å². The third-order valence-corrected chi connectivity index (χ3v) is 5.02. The molecule has 1 amide bonds. The summed E-state index contributed by atoms with van der Waals surface area (Å²) in [5, 5.41) is 2.65. The van der Waals surface area contributed by atoms with Gasteiger partial charge in [0, 0.05) is 5.56 Å². The molecule has 0 fully saturated rings. The summed E-state index contributed by atoms with van der Waals surface area (Å²) in [6.45, 7) is 7.79. The molecule has 1 unspecified atom stereocenters. The maximum Gasteiger partial charge on any atom is 0.325 e. The number of Topliss-reactive ketones (excluding diaryl/α,β-unsaturated/α-hetero) is 2. The van der Waals surface area contributed by atoms with Gasteiger partial charge in [-0.15, -0.1) is 0 Å². The Balaban J connectivity index is 2.30. The van der Waals surface area contributed by atoms with Crippen LogP contribution in [-0.4, -0.2) is 35.6 Å². The molecule has 0 spiro atoms. The first-order valence-corrected chi connectivity index (χ1v) is 9.09. The lowest BCUT2D eigenvalue weighted by atomic mass is 9.66. The topological polar surface area (TPSA) is 89.5 Å². The fraction of sp³-hybridized carbons (Fsp3) is 0.474. The minimum Gasteiger partial charge on any atom is -0.459 e. The van der Waals surface area contributed by atoms with E-state index in [9.17, 15) is 19.2 Å². The SMILES string of the molecule is CC(C)(C)OC(=O)CNC(=O)C1C(=O)c2ccc(Cl)c(Cl)c2C(C)(C)C1=O. The van der Waals surface area contributed by atoms with E-state index in [1.807, 2.05) is 0 Å². The first-order chi connectivity index (χ1) is 12.3. The van der Waals surface area contributed by atoms with Crippen molar-refractivity contribution in [1.29, 1.82) is 0 Å². The summed E-state index contributed by atoms with van der Waals surface area (Å²) >= 11 is 12.2. The quantitative estimate of drug-likeness (QED) is 0.607. The van der Waals surface area contributed by atoms with Gasteiger partial charge < -0.3 is 10.1 Å². The zero-order valence-electron chi connectivity index (χ0n) is 15.7. The van der Waals surface area contributed by atoms with Crippen molar-refractivity contribution in [3.05, 3.63) is 33.3 Å². The van der Waals surface area contributed by atoms with E-state index in [0.717, 1.165) is 0 Å². The highest BCUT2D eigenvalue weighted by Gasteiger charge is 2.50. The second-order valence-corrected chi connectivity index (χ2v) is 8.66. The van der Waals surface area contributed by atoms with Crippen LogP contribution in [0.4, 0.5) is 0 Å². The van der Waals surface area contributed by atoms with Gasteiger partial charge in [0.25, 0.3) is 0 Å². The first-order valence-electron chi connectivity index (χ1n) is 8.34. The Hall–Kier alpha value is -1.92. The highest BCUT2D eigenvalue weighted by Crippen LogP contribution is 2.43. The van der Waals surface area contributed by atoms with Crippen LogP contribution >= 0.6 is 23.2 Å². The van der Waals surface area contributed by atoms with Crippen LogP contribution in [0.3, 0.4) is 0 Å². The molecule has 0 aliphatic heterocycles.